The van der Waals surface area contributed by atoms with Gasteiger partial charge in [-0.3, -0.25) is 4.79 Å². The van der Waals surface area contributed by atoms with Gasteiger partial charge in [-0.25, -0.2) is 0 Å². The fraction of sp³-hybridized carbons (Fsp3) is 0.381. The summed E-state index contributed by atoms with van der Waals surface area (Å²) in [7, 11) is 5.12. The topological polar surface area (TPSA) is 72.1 Å². The third kappa shape index (κ3) is 2.99. The number of rotatable bonds is 5. The summed E-state index contributed by atoms with van der Waals surface area (Å²) in [4.78, 5) is 16.0. The third-order valence-corrected chi connectivity index (χ3v) is 6.44. The zero-order valence-corrected chi connectivity index (χ0v) is 16.9. The molecule has 7 heteroatoms. The van der Waals surface area contributed by atoms with Crippen LogP contribution in [0.5, 0.6) is 11.5 Å². The number of ether oxygens (including phenoxy) is 2. The molecular formula is C21H23NO5S. The Hall–Kier alpha value is -2.35. The van der Waals surface area contributed by atoms with Crippen molar-refractivity contribution in [1.29, 1.82) is 0 Å². The van der Waals surface area contributed by atoms with Gasteiger partial charge in [-0.15, -0.1) is 11.3 Å². The Morgan fingerprint density at radius 1 is 1.29 bits per heavy atom. The van der Waals surface area contributed by atoms with E-state index in [0.29, 0.717) is 28.2 Å². The molecule has 6 nitrogen and oxygen atoms in total. The van der Waals surface area contributed by atoms with Crippen molar-refractivity contribution in [2.45, 2.75) is 18.4 Å². The van der Waals surface area contributed by atoms with Crippen LogP contribution in [0.4, 0.5) is 0 Å². The number of benzene rings is 1. The Bertz CT molecular complexity index is 1040. The molecule has 2 unspecified atom stereocenters. The van der Waals surface area contributed by atoms with Crippen LogP contribution in [-0.2, 0) is 0 Å². The van der Waals surface area contributed by atoms with Crippen molar-refractivity contribution < 1.29 is 19.0 Å². The van der Waals surface area contributed by atoms with E-state index in [1.165, 1.54) is 24.5 Å². The van der Waals surface area contributed by atoms with Crippen molar-refractivity contribution >= 4 is 22.3 Å². The first-order chi connectivity index (χ1) is 13.6. The van der Waals surface area contributed by atoms with E-state index in [2.05, 4.69) is 4.90 Å². The molecule has 1 aromatic carbocycles. The number of likely N-dealkylation sites (N-methyl/N-ethyl adjacent to an activating group) is 1. The normalized spacial score (nSPS) is 20.0. The Labute approximate surface area is 166 Å². The van der Waals surface area contributed by atoms with Gasteiger partial charge in [0.25, 0.3) is 0 Å². The van der Waals surface area contributed by atoms with Crippen LogP contribution in [0.2, 0.25) is 0 Å². The molecule has 2 aromatic heterocycles. The number of fused-ring (bicyclic) bond motifs is 1. The van der Waals surface area contributed by atoms with Crippen molar-refractivity contribution in [2.24, 2.45) is 0 Å². The molecule has 1 fully saturated rings. The minimum atomic E-state index is -0.155. The lowest BCUT2D eigenvalue weighted by Gasteiger charge is -2.25. The van der Waals surface area contributed by atoms with Gasteiger partial charge in [0, 0.05) is 29.7 Å². The Morgan fingerprint density at radius 3 is 2.71 bits per heavy atom. The number of aliphatic hydroxyl groups is 1. The van der Waals surface area contributed by atoms with Crippen LogP contribution in [0.1, 0.15) is 17.9 Å². The molecular weight excluding hydrogens is 378 g/mol. The number of nitrogens with zero attached hydrogens (tertiary/aromatic N) is 1. The molecule has 0 saturated carbocycles. The highest BCUT2D eigenvalue weighted by Crippen LogP contribution is 2.45. The maximum absolute atomic E-state index is 13.0. The van der Waals surface area contributed by atoms with Crippen molar-refractivity contribution in [2.75, 3.05) is 34.4 Å². The number of hydrogen-bond donors (Lipinski definition) is 1. The summed E-state index contributed by atoms with van der Waals surface area (Å²) in [5, 5.41) is 12.3. The minimum Gasteiger partial charge on any atom is -0.496 e. The molecule has 0 amide bonds. The van der Waals surface area contributed by atoms with Crippen LogP contribution in [-0.4, -0.2) is 50.5 Å². The Kier molecular flexibility index (Phi) is 5.14. The highest BCUT2D eigenvalue weighted by molar-refractivity contribution is 7.13. The van der Waals surface area contributed by atoms with Crippen LogP contribution < -0.4 is 14.9 Å². The molecule has 148 valence electrons. The van der Waals surface area contributed by atoms with Gasteiger partial charge < -0.3 is 23.9 Å². The summed E-state index contributed by atoms with van der Waals surface area (Å²) in [6, 6.07) is 7.03. The van der Waals surface area contributed by atoms with E-state index in [1.54, 1.807) is 13.2 Å². The Balaban J connectivity index is 2.05. The molecule has 0 radical (unpaired) electrons. The van der Waals surface area contributed by atoms with Crippen LogP contribution >= 0.6 is 11.3 Å². The lowest BCUT2D eigenvalue weighted by atomic mass is 9.89. The fourth-order valence-corrected chi connectivity index (χ4v) is 4.81. The number of likely N-dealkylation sites (tertiary alicyclic amines) is 1. The number of methoxy groups -OCH3 is 2. The van der Waals surface area contributed by atoms with Gasteiger partial charge in [-0.2, -0.15) is 0 Å². The van der Waals surface area contributed by atoms with Crippen molar-refractivity contribution in [3.8, 4) is 22.1 Å². The number of aliphatic hydroxyl groups excluding tert-OH is 1. The summed E-state index contributed by atoms with van der Waals surface area (Å²) < 4.78 is 17.4. The van der Waals surface area contributed by atoms with Crippen LogP contribution in [0, 0.1) is 0 Å². The largest absolute Gasteiger partial charge is 0.496 e. The molecule has 28 heavy (non-hydrogen) atoms. The van der Waals surface area contributed by atoms with Gasteiger partial charge in [0.05, 0.1) is 25.7 Å². The second-order valence-electron chi connectivity index (χ2n) is 6.98. The first kappa shape index (κ1) is 19.0. The molecule has 1 aliphatic heterocycles. The highest BCUT2D eigenvalue weighted by Gasteiger charge is 2.37. The van der Waals surface area contributed by atoms with E-state index in [-0.39, 0.29) is 24.0 Å². The molecule has 3 aromatic rings. The summed E-state index contributed by atoms with van der Waals surface area (Å²) in [5.41, 5.74) is 1.14. The van der Waals surface area contributed by atoms with Gasteiger partial charge in [-0.05, 0) is 31.5 Å². The zero-order valence-electron chi connectivity index (χ0n) is 16.1. The summed E-state index contributed by atoms with van der Waals surface area (Å²) >= 11 is 1.51. The minimum absolute atomic E-state index is 0.0138. The average molecular weight is 401 g/mol. The second-order valence-corrected chi connectivity index (χ2v) is 7.92. The van der Waals surface area contributed by atoms with E-state index < -0.39 is 0 Å². The molecule has 0 spiro atoms. The second kappa shape index (κ2) is 7.58. The first-order valence-corrected chi connectivity index (χ1v) is 10.0. The number of hydrogen-bond acceptors (Lipinski definition) is 7. The molecule has 2 atom stereocenters. The standard InChI is InChI=1S/C21H23NO5S/c1-22-7-6-12(13(22)11-23)19-16(25-2)10-17(26-3)20-14(24)9-15(27-21(19)20)18-5-4-8-28-18/h4-5,8-10,12-13,23H,6-7,11H2,1-3H3. The Morgan fingerprint density at radius 2 is 2.07 bits per heavy atom. The molecule has 4 rings (SSSR count). The lowest BCUT2D eigenvalue weighted by Crippen LogP contribution is -2.32. The average Bonchev–Trinajstić information content (AvgIpc) is 3.36. The van der Waals surface area contributed by atoms with Crippen molar-refractivity contribution in [3.05, 3.63) is 45.4 Å². The highest BCUT2D eigenvalue weighted by atomic mass is 32.1. The zero-order chi connectivity index (χ0) is 19.8. The van der Waals surface area contributed by atoms with Gasteiger partial charge in [0.2, 0.25) is 0 Å². The monoisotopic (exact) mass is 401 g/mol. The molecule has 1 saturated heterocycles. The van der Waals surface area contributed by atoms with Gasteiger partial charge >= 0.3 is 0 Å². The van der Waals surface area contributed by atoms with Gasteiger partial charge in [-0.1, -0.05) is 6.07 Å². The molecule has 1 N–H and O–H groups in total. The predicted molar refractivity (Wildman–Crippen MR) is 110 cm³/mol. The van der Waals surface area contributed by atoms with Crippen LogP contribution in [0.15, 0.2) is 38.9 Å². The lowest BCUT2D eigenvalue weighted by molar-refractivity contribution is 0.171. The van der Waals surface area contributed by atoms with Gasteiger partial charge in [0.15, 0.2) is 5.43 Å². The van der Waals surface area contributed by atoms with E-state index in [0.717, 1.165) is 23.4 Å². The quantitative estimate of drug-likeness (QED) is 0.707. The molecule has 0 aliphatic carbocycles. The predicted octanol–water partition coefficient (Wildman–Crippen LogP) is 3.32. The van der Waals surface area contributed by atoms with Gasteiger partial charge in [0.1, 0.15) is 28.2 Å². The van der Waals surface area contributed by atoms with E-state index in [4.69, 9.17) is 13.9 Å². The molecule has 3 heterocycles. The summed E-state index contributed by atoms with van der Waals surface area (Å²) in [5.74, 6) is 1.54. The van der Waals surface area contributed by atoms with E-state index in [1.807, 2.05) is 24.6 Å². The fourth-order valence-electron chi connectivity index (χ4n) is 4.13. The maximum Gasteiger partial charge on any atom is 0.197 e. The van der Waals surface area contributed by atoms with Crippen molar-refractivity contribution in [1.82, 2.24) is 4.90 Å². The van der Waals surface area contributed by atoms with Crippen LogP contribution in [0.25, 0.3) is 21.6 Å². The smallest absolute Gasteiger partial charge is 0.197 e. The van der Waals surface area contributed by atoms with E-state index in [9.17, 15) is 9.90 Å². The molecule has 0 bridgehead atoms. The summed E-state index contributed by atoms with van der Waals surface area (Å²) in [6.07, 6.45) is 0.840. The van der Waals surface area contributed by atoms with Crippen LogP contribution in [0.3, 0.4) is 0 Å². The van der Waals surface area contributed by atoms with E-state index >= 15 is 0 Å². The first-order valence-electron chi connectivity index (χ1n) is 9.16. The molecule has 1 aliphatic rings. The maximum atomic E-state index is 13.0. The van der Waals surface area contributed by atoms with Crippen molar-refractivity contribution in [3.63, 3.8) is 0 Å². The number of thiophene rings is 1. The third-order valence-electron chi connectivity index (χ3n) is 5.55. The SMILES string of the molecule is COc1cc(OC)c2c(=O)cc(-c3cccs3)oc2c1C1CCN(C)C1CO. The summed E-state index contributed by atoms with van der Waals surface area (Å²) in [6.45, 7) is 0.869.